The molecule has 0 N–H and O–H groups in total. The molecule has 26 heavy (non-hydrogen) atoms. The van der Waals surface area contributed by atoms with E-state index in [1.165, 1.54) is 11.1 Å². The van der Waals surface area contributed by atoms with E-state index in [0.717, 1.165) is 57.0 Å². The van der Waals surface area contributed by atoms with Crippen molar-refractivity contribution in [3.63, 3.8) is 0 Å². The molecule has 0 atom stereocenters. The third kappa shape index (κ3) is 3.98. The SMILES string of the molecule is CCN(CC)CCOC1=CC(C)(C)C2=C(C1)Cc1ccc(OC)cc1C2. The molecule has 0 heterocycles. The van der Waals surface area contributed by atoms with Gasteiger partial charge in [0.2, 0.25) is 0 Å². The Bertz CT molecular complexity index is 711. The number of likely N-dealkylation sites (N-methyl/N-ethyl adjacent to an activating group) is 1. The molecule has 0 saturated heterocycles. The number of rotatable bonds is 7. The van der Waals surface area contributed by atoms with Gasteiger partial charge in [0, 0.05) is 18.4 Å². The highest BCUT2D eigenvalue weighted by Crippen LogP contribution is 2.45. The zero-order chi connectivity index (χ0) is 18.7. The molecular weight excluding hydrogens is 322 g/mol. The molecule has 0 spiro atoms. The van der Waals surface area contributed by atoms with Crippen molar-refractivity contribution in [1.29, 1.82) is 0 Å². The summed E-state index contributed by atoms with van der Waals surface area (Å²) in [6.07, 6.45) is 5.37. The molecule has 0 amide bonds. The molecule has 2 aliphatic rings. The molecule has 2 aliphatic carbocycles. The highest BCUT2D eigenvalue weighted by molar-refractivity contribution is 5.49. The van der Waals surface area contributed by atoms with Crippen LogP contribution < -0.4 is 4.74 Å². The molecule has 142 valence electrons. The summed E-state index contributed by atoms with van der Waals surface area (Å²) in [6.45, 7) is 13.0. The lowest BCUT2D eigenvalue weighted by Gasteiger charge is -2.37. The lowest BCUT2D eigenvalue weighted by molar-refractivity contribution is 0.155. The van der Waals surface area contributed by atoms with E-state index in [0.29, 0.717) is 0 Å². The van der Waals surface area contributed by atoms with Gasteiger partial charge in [0.05, 0.1) is 12.9 Å². The van der Waals surface area contributed by atoms with Gasteiger partial charge in [0.15, 0.2) is 0 Å². The topological polar surface area (TPSA) is 21.7 Å². The summed E-state index contributed by atoms with van der Waals surface area (Å²) in [5.41, 5.74) is 6.02. The second kappa shape index (κ2) is 7.87. The minimum absolute atomic E-state index is 0.0544. The Balaban J connectivity index is 1.71. The predicted molar refractivity (Wildman–Crippen MR) is 108 cm³/mol. The maximum atomic E-state index is 6.19. The summed E-state index contributed by atoms with van der Waals surface area (Å²) in [5, 5.41) is 0. The van der Waals surface area contributed by atoms with Crippen LogP contribution in [-0.2, 0) is 17.6 Å². The third-order valence-corrected chi connectivity index (χ3v) is 5.89. The van der Waals surface area contributed by atoms with Gasteiger partial charge in [-0.1, -0.05) is 44.9 Å². The second-order valence-electron chi connectivity index (χ2n) is 7.95. The van der Waals surface area contributed by atoms with Gasteiger partial charge in [-0.3, -0.25) is 0 Å². The molecule has 0 fully saturated rings. The average Bonchev–Trinajstić information content (AvgIpc) is 2.63. The number of nitrogens with zero attached hydrogens (tertiary/aromatic N) is 1. The number of methoxy groups -OCH3 is 1. The quantitative estimate of drug-likeness (QED) is 0.658. The minimum Gasteiger partial charge on any atom is -0.497 e. The smallest absolute Gasteiger partial charge is 0.119 e. The van der Waals surface area contributed by atoms with Crippen molar-refractivity contribution in [3.8, 4) is 5.75 Å². The van der Waals surface area contributed by atoms with Crippen LogP contribution in [0.25, 0.3) is 0 Å². The summed E-state index contributed by atoms with van der Waals surface area (Å²) in [5.74, 6) is 2.11. The lowest BCUT2D eigenvalue weighted by Crippen LogP contribution is -2.28. The van der Waals surface area contributed by atoms with E-state index in [2.05, 4.69) is 56.9 Å². The van der Waals surface area contributed by atoms with Crippen molar-refractivity contribution in [2.75, 3.05) is 33.4 Å². The lowest BCUT2D eigenvalue weighted by atomic mass is 9.69. The summed E-state index contributed by atoms with van der Waals surface area (Å²) in [6, 6.07) is 6.51. The van der Waals surface area contributed by atoms with Crippen molar-refractivity contribution < 1.29 is 9.47 Å². The molecule has 3 heteroatoms. The summed E-state index contributed by atoms with van der Waals surface area (Å²) in [4.78, 5) is 2.41. The Morgan fingerprint density at radius 3 is 2.50 bits per heavy atom. The maximum absolute atomic E-state index is 6.19. The zero-order valence-electron chi connectivity index (χ0n) is 17.0. The number of ether oxygens (including phenoxy) is 2. The number of fused-ring (bicyclic) bond motifs is 1. The molecular formula is C23H33NO2. The Hall–Kier alpha value is -1.74. The second-order valence-corrected chi connectivity index (χ2v) is 7.95. The van der Waals surface area contributed by atoms with Crippen molar-refractivity contribution in [2.24, 2.45) is 5.41 Å². The molecule has 0 unspecified atom stereocenters. The molecule has 0 saturated carbocycles. The van der Waals surface area contributed by atoms with Gasteiger partial charge < -0.3 is 14.4 Å². The van der Waals surface area contributed by atoms with Crippen molar-refractivity contribution in [1.82, 2.24) is 4.90 Å². The van der Waals surface area contributed by atoms with Crippen LogP contribution in [0.5, 0.6) is 5.75 Å². The van der Waals surface area contributed by atoms with Gasteiger partial charge in [-0.25, -0.2) is 0 Å². The molecule has 1 aromatic carbocycles. The van der Waals surface area contributed by atoms with E-state index in [4.69, 9.17) is 9.47 Å². The van der Waals surface area contributed by atoms with Crippen molar-refractivity contribution in [2.45, 2.75) is 47.0 Å². The van der Waals surface area contributed by atoms with E-state index in [9.17, 15) is 0 Å². The summed E-state index contributed by atoms with van der Waals surface area (Å²) < 4.78 is 11.6. The Morgan fingerprint density at radius 2 is 1.81 bits per heavy atom. The molecule has 0 bridgehead atoms. The normalized spacial score (nSPS) is 18.3. The first-order valence-corrected chi connectivity index (χ1v) is 9.90. The fourth-order valence-electron chi connectivity index (χ4n) is 4.26. The first-order chi connectivity index (χ1) is 12.5. The number of allylic oxidation sites excluding steroid dienone is 3. The van der Waals surface area contributed by atoms with Crippen molar-refractivity contribution >= 4 is 0 Å². The van der Waals surface area contributed by atoms with Crippen LogP contribution in [0.3, 0.4) is 0 Å². The molecule has 3 nitrogen and oxygen atoms in total. The number of hydrogen-bond acceptors (Lipinski definition) is 3. The summed E-state index contributed by atoms with van der Waals surface area (Å²) in [7, 11) is 1.74. The van der Waals surface area contributed by atoms with Crippen LogP contribution in [0.1, 0.15) is 45.2 Å². The summed E-state index contributed by atoms with van der Waals surface area (Å²) >= 11 is 0. The van der Waals surface area contributed by atoms with Crippen molar-refractivity contribution in [3.05, 3.63) is 52.3 Å². The Kier molecular flexibility index (Phi) is 5.76. The maximum Gasteiger partial charge on any atom is 0.119 e. The standard InChI is InChI=1S/C23H33NO2/c1-6-24(7-2)10-11-26-21-14-19-12-17-8-9-20(25-5)13-18(17)15-22(19)23(3,4)16-21/h8-9,13,16H,6-7,10-12,14-15H2,1-5H3. The van der Waals surface area contributed by atoms with E-state index >= 15 is 0 Å². The predicted octanol–water partition coefficient (Wildman–Crippen LogP) is 4.76. The van der Waals surface area contributed by atoms with Gasteiger partial charge >= 0.3 is 0 Å². The van der Waals surface area contributed by atoms with E-state index in [1.54, 1.807) is 18.3 Å². The zero-order valence-corrected chi connectivity index (χ0v) is 17.0. The van der Waals surface area contributed by atoms with E-state index < -0.39 is 0 Å². The third-order valence-electron chi connectivity index (χ3n) is 5.89. The van der Waals surface area contributed by atoms with Gasteiger partial charge in [-0.15, -0.1) is 0 Å². The molecule has 1 aromatic rings. The first kappa shape index (κ1) is 19.0. The number of benzene rings is 1. The van der Waals surface area contributed by atoms with Gasteiger partial charge in [-0.2, -0.15) is 0 Å². The largest absolute Gasteiger partial charge is 0.497 e. The highest BCUT2D eigenvalue weighted by atomic mass is 16.5. The fraction of sp³-hybridized carbons (Fsp3) is 0.565. The van der Waals surface area contributed by atoms with Gasteiger partial charge in [-0.05, 0) is 55.3 Å². The van der Waals surface area contributed by atoms with Crippen LogP contribution in [-0.4, -0.2) is 38.3 Å². The van der Waals surface area contributed by atoms with E-state index in [1.807, 2.05) is 0 Å². The highest BCUT2D eigenvalue weighted by Gasteiger charge is 2.33. The molecule has 0 aromatic heterocycles. The molecule has 3 rings (SSSR count). The first-order valence-electron chi connectivity index (χ1n) is 9.90. The van der Waals surface area contributed by atoms with Gasteiger partial charge in [0.25, 0.3) is 0 Å². The van der Waals surface area contributed by atoms with Crippen LogP contribution in [0.15, 0.2) is 41.2 Å². The Morgan fingerprint density at radius 1 is 1.04 bits per heavy atom. The van der Waals surface area contributed by atoms with E-state index in [-0.39, 0.29) is 5.41 Å². The minimum atomic E-state index is 0.0544. The van der Waals surface area contributed by atoms with Gasteiger partial charge in [0.1, 0.15) is 12.4 Å². The van der Waals surface area contributed by atoms with Crippen LogP contribution in [0.2, 0.25) is 0 Å². The monoisotopic (exact) mass is 355 g/mol. The Labute approximate surface area is 158 Å². The molecule has 0 aliphatic heterocycles. The van der Waals surface area contributed by atoms with Crippen LogP contribution in [0, 0.1) is 5.41 Å². The van der Waals surface area contributed by atoms with Crippen LogP contribution >= 0.6 is 0 Å². The number of hydrogen-bond donors (Lipinski definition) is 0. The average molecular weight is 356 g/mol. The fourth-order valence-corrected chi connectivity index (χ4v) is 4.26. The van der Waals surface area contributed by atoms with Crippen LogP contribution in [0.4, 0.5) is 0 Å². The molecule has 0 radical (unpaired) electrons.